The molecule has 9 heteroatoms. The van der Waals surface area contributed by atoms with E-state index in [9.17, 15) is 8.42 Å². The van der Waals surface area contributed by atoms with Crippen LogP contribution in [0.3, 0.4) is 0 Å². The molecule has 1 aliphatic rings. The molecule has 0 aliphatic carbocycles. The SMILES string of the molecule is O=S1(=O)CCC(Nc2cnnc(NCCc3c[nH]c4ccccc34)n2)C1. The Bertz CT molecular complexity index is 1020. The van der Waals surface area contributed by atoms with Crippen LogP contribution in [0, 0.1) is 0 Å². The summed E-state index contributed by atoms with van der Waals surface area (Å²) >= 11 is 0. The van der Waals surface area contributed by atoms with Gasteiger partial charge in [0.25, 0.3) is 0 Å². The molecule has 1 atom stereocenters. The molecule has 1 aliphatic heterocycles. The van der Waals surface area contributed by atoms with Crippen molar-refractivity contribution >= 4 is 32.5 Å². The molecule has 26 heavy (non-hydrogen) atoms. The Morgan fingerprint density at radius 1 is 1.27 bits per heavy atom. The number of nitrogens with zero attached hydrogens (tertiary/aromatic N) is 3. The maximum atomic E-state index is 11.5. The van der Waals surface area contributed by atoms with Gasteiger partial charge < -0.3 is 15.6 Å². The number of rotatable bonds is 6. The van der Waals surface area contributed by atoms with E-state index in [0.29, 0.717) is 24.7 Å². The lowest BCUT2D eigenvalue weighted by molar-refractivity contribution is 0.602. The lowest BCUT2D eigenvalue weighted by atomic mass is 10.1. The Kier molecular flexibility index (Phi) is 4.46. The number of nitrogens with one attached hydrogen (secondary N) is 3. The highest BCUT2D eigenvalue weighted by atomic mass is 32.2. The monoisotopic (exact) mass is 372 g/mol. The van der Waals surface area contributed by atoms with E-state index in [1.54, 1.807) is 0 Å². The van der Waals surface area contributed by atoms with Gasteiger partial charge in [-0.1, -0.05) is 18.2 Å². The van der Waals surface area contributed by atoms with E-state index in [0.717, 1.165) is 11.9 Å². The Morgan fingerprint density at radius 2 is 2.15 bits per heavy atom. The Labute approximate surface area is 151 Å². The topological polar surface area (TPSA) is 113 Å². The third-order valence-electron chi connectivity index (χ3n) is 4.50. The molecule has 2 aromatic heterocycles. The summed E-state index contributed by atoms with van der Waals surface area (Å²) < 4.78 is 23.1. The lowest BCUT2D eigenvalue weighted by Gasteiger charge is -2.11. The summed E-state index contributed by atoms with van der Waals surface area (Å²) in [6.07, 6.45) is 4.95. The van der Waals surface area contributed by atoms with Crippen LogP contribution in [0.2, 0.25) is 0 Å². The largest absolute Gasteiger partial charge is 0.365 e. The summed E-state index contributed by atoms with van der Waals surface area (Å²) in [5, 5.41) is 15.4. The fraction of sp³-hybridized carbons (Fsp3) is 0.353. The van der Waals surface area contributed by atoms with Crippen molar-refractivity contribution in [3.63, 3.8) is 0 Å². The summed E-state index contributed by atoms with van der Waals surface area (Å²) in [5.41, 5.74) is 2.35. The number of H-pyrrole nitrogens is 1. The van der Waals surface area contributed by atoms with E-state index in [2.05, 4.69) is 42.9 Å². The molecular weight excluding hydrogens is 352 g/mol. The molecule has 0 bridgehead atoms. The van der Waals surface area contributed by atoms with Gasteiger partial charge in [0.05, 0.1) is 17.7 Å². The van der Waals surface area contributed by atoms with Gasteiger partial charge in [-0.15, -0.1) is 5.10 Å². The summed E-state index contributed by atoms with van der Waals surface area (Å²) in [7, 11) is -2.93. The van der Waals surface area contributed by atoms with E-state index in [1.165, 1.54) is 17.1 Å². The van der Waals surface area contributed by atoms with Gasteiger partial charge >= 0.3 is 0 Å². The first-order chi connectivity index (χ1) is 12.6. The molecule has 1 fully saturated rings. The fourth-order valence-corrected chi connectivity index (χ4v) is 4.89. The van der Waals surface area contributed by atoms with Crippen LogP contribution in [0.1, 0.15) is 12.0 Å². The minimum Gasteiger partial charge on any atom is -0.365 e. The first-order valence-electron chi connectivity index (χ1n) is 8.55. The standard InChI is InChI=1S/C17H20N6O2S/c24-26(25)8-6-13(11-26)21-16-10-20-23-17(22-16)18-7-5-12-9-19-15-4-2-1-3-14(12)15/h1-4,9-10,13,19H,5-8,11H2,(H2,18,21,22,23). The van der Waals surface area contributed by atoms with Gasteiger partial charge in [0.15, 0.2) is 15.7 Å². The average molecular weight is 372 g/mol. The lowest BCUT2D eigenvalue weighted by Crippen LogP contribution is -2.22. The van der Waals surface area contributed by atoms with Crippen LogP contribution in [0.4, 0.5) is 11.8 Å². The molecular formula is C17H20N6O2S. The molecule has 0 amide bonds. The van der Waals surface area contributed by atoms with Gasteiger partial charge in [-0.05, 0) is 24.5 Å². The van der Waals surface area contributed by atoms with Gasteiger partial charge in [0, 0.05) is 29.7 Å². The third kappa shape index (κ3) is 3.77. The highest BCUT2D eigenvalue weighted by molar-refractivity contribution is 7.91. The molecule has 3 N–H and O–H groups in total. The highest BCUT2D eigenvalue weighted by Gasteiger charge is 2.28. The normalized spacial score (nSPS) is 18.8. The first kappa shape index (κ1) is 16.8. The molecule has 1 aromatic carbocycles. The highest BCUT2D eigenvalue weighted by Crippen LogP contribution is 2.18. The molecule has 4 rings (SSSR count). The van der Waals surface area contributed by atoms with Crippen molar-refractivity contribution < 1.29 is 8.42 Å². The number of para-hydroxylation sites is 1. The number of fused-ring (bicyclic) bond motifs is 1. The smallest absolute Gasteiger partial charge is 0.244 e. The number of benzene rings is 1. The van der Waals surface area contributed by atoms with Crippen LogP contribution < -0.4 is 10.6 Å². The maximum Gasteiger partial charge on any atom is 0.244 e. The molecule has 136 valence electrons. The quantitative estimate of drug-likeness (QED) is 0.602. The van der Waals surface area contributed by atoms with E-state index in [1.807, 2.05) is 18.3 Å². The number of sulfone groups is 1. The van der Waals surface area contributed by atoms with Crippen LogP contribution >= 0.6 is 0 Å². The summed E-state index contributed by atoms with van der Waals surface area (Å²) in [6.45, 7) is 0.671. The van der Waals surface area contributed by atoms with Gasteiger partial charge in [0.1, 0.15) is 0 Å². The van der Waals surface area contributed by atoms with Crippen LogP contribution in [-0.4, -0.2) is 52.7 Å². The molecule has 0 saturated carbocycles. The second kappa shape index (κ2) is 6.91. The predicted molar refractivity (Wildman–Crippen MR) is 101 cm³/mol. The zero-order valence-electron chi connectivity index (χ0n) is 14.1. The second-order valence-electron chi connectivity index (χ2n) is 6.45. The van der Waals surface area contributed by atoms with Gasteiger partial charge in [-0.2, -0.15) is 10.1 Å². The molecule has 3 heterocycles. The van der Waals surface area contributed by atoms with Crippen LogP contribution in [0.25, 0.3) is 10.9 Å². The summed E-state index contributed by atoms with van der Waals surface area (Å²) in [4.78, 5) is 7.63. The molecule has 1 unspecified atom stereocenters. The number of hydrogen-bond acceptors (Lipinski definition) is 7. The molecule has 0 spiro atoms. The predicted octanol–water partition coefficient (Wildman–Crippen LogP) is 1.61. The Balaban J connectivity index is 1.35. The van der Waals surface area contributed by atoms with E-state index >= 15 is 0 Å². The van der Waals surface area contributed by atoms with Crippen LogP contribution in [-0.2, 0) is 16.3 Å². The first-order valence-corrected chi connectivity index (χ1v) is 10.4. The number of anilines is 2. The van der Waals surface area contributed by atoms with Gasteiger partial charge in [-0.3, -0.25) is 0 Å². The number of aromatic nitrogens is 4. The second-order valence-corrected chi connectivity index (χ2v) is 8.67. The van der Waals surface area contributed by atoms with E-state index < -0.39 is 9.84 Å². The maximum absolute atomic E-state index is 11.5. The summed E-state index contributed by atoms with van der Waals surface area (Å²) in [6, 6.07) is 8.07. The Morgan fingerprint density at radius 3 is 3.00 bits per heavy atom. The average Bonchev–Trinajstić information content (AvgIpc) is 3.18. The van der Waals surface area contributed by atoms with Crippen LogP contribution in [0.15, 0.2) is 36.7 Å². The zero-order valence-corrected chi connectivity index (χ0v) is 15.0. The van der Waals surface area contributed by atoms with Crippen molar-refractivity contribution in [2.24, 2.45) is 0 Å². The van der Waals surface area contributed by atoms with Crippen molar-refractivity contribution in [2.75, 3.05) is 28.7 Å². The van der Waals surface area contributed by atoms with E-state index in [-0.39, 0.29) is 17.5 Å². The van der Waals surface area contributed by atoms with E-state index in [4.69, 9.17) is 0 Å². The van der Waals surface area contributed by atoms with Crippen LogP contribution in [0.5, 0.6) is 0 Å². The molecule has 0 radical (unpaired) electrons. The summed E-state index contributed by atoms with van der Waals surface area (Å²) in [5.74, 6) is 1.33. The zero-order chi connectivity index (χ0) is 18.0. The van der Waals surface area contributed by atoms with Crippen molar-refractivity contribution in [1.29, 1.82) is 0 Å². The molecule has 8 nitrogen and oxygen atoms in total. The minimum atomic E-state index is -2.93. The number of hydrogen-bond donors (Lipinski definition) is 3. The minimum absolute atomic E-state index is 0.115. The van der Waals surface area contributed by atoms with Crippen molar-refractivity contribution in [3.05, 3.63) is 42.2 Å². The van der Waals surface area contributed by atoms with Crippen molar-refractivity contribution in [1.82, 2.24) is 20.2 Å². The molecule has 1 saturated heterocycles. The van der Waals surface area contributed by atoms with Crippen molar-refractivity contribution in [3.8, 4) is 0 Å². The Hall–Kier alpha value is -2.68. The third-order valence-corrected chi connectivity index (χ3v) is 6.26. The molecule has 3 aromatic rings. The number of aromatic amines is 1. The van der Waals surface area contributed by atoms with Gasteiger partial charge in [0.2, 0.25) is 5.95 Å². The van der Waals surface area contributed by atoms with Crippen molar-refractivity contribution in [2.45, 2.75) is 18.9 Å². The van der Waals surface area contributed by atoms with Gasteiger partial charge in [-0.25, -0.2) is 8.42 Å². The fourth-order valence-electron chi connectivity index (χ4n) is 3.21.